The summed E-state index contributed by atoms with van der Waals surface area (Å²) in [5, 5.41) is 2.97. The monoisotopic (exact) mass is 276 g/mol. The lowest BCUT2D eigenvalue weighted by Crippen LogP contribution is -2.28. The molecule has 2 rings (SSSR count). The van der Waals surface area contributed by atoms with E-state index in [1.165, 1.54) is 25.7 Å². The molecule has 0 bridgehead atoms. The summed E-state index contributed by atoms with van der Waals surface area (Å²) in [6, 6.07) is 1.67. The van der Waals surface area contributed by atoms with Crippen molar-refractivity contribution in [1.29, 1.82) is 0 Å². The summed E-state index contributed by atoms with van der Waals surface area (Å²) in [6.07, 6.45) is 9.48. The number of rotatable bonds is 5. The van der Waals surface area contributed by atoms with Gasteiger partial charge < -0.3 is 10.7 Å². The van der Waals surface area contributed by atoms with Crippen LogP contribution in [0.25, 0.3) is 0 Å². The van der Waals surface area contributed by atoms with Crippen LogP contribution >= 0.6 is 0 Å². The largest absolute Gasteiger partial charge is 0.352 e. The van der Waals surface area contributed by atoms with Crippen LogP contribution in [-0.2, 0) is 0 Å². The van der Waals surface area contributed by atoms with E-state index in [1.807, 2.05) is 0 Å². The second-order valence-corrected chi connectivity index (χ2v) is 5.75. The smallest absolute Gasteiger partial charge is 0.253 e. The molecule has 110 valence electrons. The fourth-order valence-electron chi connectivity index (χ4n) is 3.01. The van der Waals surface area contributed by atoms with Gasteiger partial charge in [0.25, 0.3) is 5.91 Å². The van der Waals surface area contributed by atoms with Crippen LogP contribution < -0.4 is 16.6 Å². The van der Waals surface area contributed by atoms with E-state index in [-0.39, 0.29) is 5.91 Å². The molecular formula is C15H24N4O. The van der Waals surface area contributed by atoms with E-state index >= 15 is 0 Å². The number of nitrogens with one attached hydrogen (secondary N) is 2. The summed E-state index contributed by atoms with van der Waals surface area (Å²) in [4.78, 5) is 16.0. The van der Waals surface area contributed by atoms with Crippen molar-refractivity contribution in [1.82, 2.24) is 10.3 Å². The van der Waals surface area contributed by atoms with Gasteiger partial charge in [0.05, 0.1) is 17.4 Å². The van der Waals surface area contributed by atoms with Crippen LogP contribution in [-0.4, -0.2) is 17.4 Å². The molecule has 2 atom stereocenters. The van der Waals surface area contributed by atoms with Gasteiger partial charge in [-0.2, -0.15) is 0 Å². The van der Waals surface area contributed by atoms with Gasteiger partial charge in [-0.15, -0.1) is 0 Å². The zero-order valence-electron chi connectivity index (χ0n) is 12.1. The van der Waals surface area contributed by atoms with Crippen LogP contribution in [0.5, 0.6) is 0 Å². The van der Waals surface area contributed by atoms with Crippen molar-refractivity contribution in [3.8, 4) is 0 Å². The maximum Gasteiger partial charge on any atom is 0.253 e. The third-order valence-electron chi connectivity index (χ3n) is 4.10. The molecule has 1 aliphatic rings. The lowest BCUT2D eigenvalue weighted by molar-refractivity contribution is 0.0950. The summed E-state index contributed by atoms with van der Waals surface area (Å²) in [5.41, 5.74) is 3.59. The molecule has 0 aromatic carbocycles. The molecule has 0 spiro atoms. The van der Waals surface area contributed by atoms with E-state index in [9.17, 15) is 4.79 Å². The number of carbonyl (C=O) groups is 1. The van der Waals surface area contributed by atoms with Crippen LogP contribution in [0.2, 0.25) is 0 Å². The quantitative estimate of drug-likeness (QED) is 0.569. The molecule has 0 radical (unpaired) electrons. The number of hydrogen-bond acceptors (Lipinski definition) is 4. The van der Waals surface area contributed by atoms with E-state index in [1.54, 1.807) is 18.5 Å². The molecule has 0 aliphatic heterocycles. The summed E-state index contributed by atoms with van der Waals surface area (Å²) in [7, 11) is 0. The third-order valence-corrected chi connectivity index (χ3v) is 4.10. The number of nitrogens with zero attached hydrogens (tertiary/aromatic N) is 1. The van der Waals surface area contributed by atoms with Gasteiger partial charge in [-0.25, -0.2) is 0 Å². The normalized spacial score (nSPS) is 22.3. The number of amides is 1. The predicted octanol–water partition coefficient (Wildman–Crippen LogP) is 2.31. The van der Waals surface area contributed by atoms with Crippen molar-refractivity contribution in [2.45, 2.75) is 39.0 Å². The maximum absolute atomic E-state index is 12.1. The average molecular weight is 276 g/mol. The van der Waals surface area contributed by atoms with Gasteiger partial charge in [0.1, 0.15) is 0 Å². The summed E-state index contributed by atoms with van der Waals surface area (Å²) >= 11 is 0. The lowest BCUT2D eigenvalue weighted by atomic mass is 9.81. The first-order valence-corrected chi connectivity index (χ1v) is 7.39. The SMILES string of the molecule is CC1CCCC(CCNC(=O)c2ccncc2NN)C1. The van der Waals surface area contributed by atoms with Crippen molar-refractivity contribution in [3.05, 3.63) is 24.0 Å². The van der Waals surface area contributed by atoms with Gasteiger partial charge in [0, 0.05) is 12.7 Å². The van der Waals surface area contributed by atoms with E-state index in [4.69, 9.17) is 5.84 Å². The number of aromatic nitrogens is 1. The highest BCUT2D eigenvalue weighted by Gasteiger charge is 2.19. The van der Waals surface area contributed by atoms with Crippen LogP contribution in [0.3, 0.4) is 0 Å². The second kappa shape index (κ2) is 7.24. The molecule has 2 unspecified atom stereocenters. The topological polar surface area (TPSA) is 80.0 Å². The van der Waals surface area contributed by atoms with E-state index < -0.39 is 0 Å². The molecule has 5 nitrogen and oxygen atoms in total. The Hall–Kier alpha value is -1.62. The molecule has 1 aromatic rings. The van der Waals surface area contributed by atoms with Crippen LogP contribution in [0, 0.1) is 11.8 Å². The predicted molar refractivity (Wildman–Crippen MR) is 80.1 cm³/mol. The molecule has 1 aliphatic carbocycles. The number of pyridine rings is 1. The van der Waals surface area contributed by atoms with Gasteiger partial charge in [0.2, 0.25) is 0 Å². The highest BCUT2D eigenvalue weighted by molar-refractivity contribution is 5.99. The molecule has 0 saturated heterocycles. The Labute approximate surface area is 120 Å². The summed E-state index contributed by atoms with van der Waals surface area (Å²) in [6.45, 7) is 3.05. The molecule has 1 aromatic heterocycles. The Morgan fingerprint density at radius 2 is 2.35 bits per heavy atom. The Balaban J connectivity index is 1.80. The molecule has 5 heteroatoms. The highest BCUT2D eigenvalue weighted by atomic mass is 16.1. The average Bonchev–Trinajstić information content (AvgIpc) is 2.47. The van der Waals surface area contributed by atoms with Crippen LogP contribution in [0.4, 0.5) is 5.69 Å². The highest BCUT2D eigenvalue weighted by Crippen LogP contribution is 2.30. The minimum Gasteiger partial charge on any atom is -0.352 e. The van der Waals surface area contributed by atoms with Gasteiger partial charge in [-0.1, -0.05) is 26.2 Å². The first-order valence-electron chi connectivity index (χ1n) is 7.39. The number of nitrogen functional groups attached to an aromatic ring is 1. The molecule has 1 heterocycles. The van der Waals surface area contributed by atoms with Crippen molar-refractivity contribution in [2.75, 3.05) is 12.0 Å². The van der Waals surface area contributed by atoms with E-state index in [0.717, 1.165) is 24.8 Å². The minimum absolute atomic E-state index is 0.0933. The fourth-order valence-corrected chi connectivity index (χ4v) is 3.01. The molecule has 20 heavy (non-hydrogen) atoms. The Morgan fingerprint density at radius 1 is 1.50 bits per heavy atom. The molecule has 1 amide bonds. The first-order chi connectivity index (χ1) is 9.70. The van der Waals surface area contributed by atoms with Gasteiger partial charge >= 0.3 is 0 Å². The van der Waals surface area contributed by atoms with E-state index in [2.05, 4.69) is 22.7 Å². The third kappa shape index (κ3) is 3.93. The molecule has 1 saturated carbocycles. The van der Waals surface area contributed by atoms with Crippen molar-refractivity contribution in [2.24, 2.45) is 17.7 Å². The number of hydrogen-bond donors (Lipinski definition) is 3. The van der Waals surface area contributed by atoms with Crippen molar-refractivity contribution >= 4 is 11.6 Å². The lowest BCUT2D eigenvalue weighted by Gasteiger charge is -2.26. The summed E-state index contributed by atoms with van der Waals surface area (Å²) in [5.74, 6) is 6.87. The summed E-state index contributed by atoms with van der Waals surface area (Å²) < 4.78 is 0. The minimum atomic E-state index is -0.0933. The van der Waals surface area contributed by atoms with Gasteiger partial charge in [-0.3, -0.25) is 15.6 Å². The maximum atomic E-state index is 12.1. The first kappa shape index (κ1) is 14.8. The van der Waals surface area contributed by atoms with Crippen molar-refractivity contribution in [3.63, 3.8) is 0 Å². The molecule has 4 N–H and O–H groups in total. The van der Waals surface area contributed by atoms with Crippen LogP contribution in [0.1, 0.15) is 49.4 Å². The zero-order chi connectivity index (χ0) is 14.4. The number of carbonyl (C=O) groups excluding carboxylic acids is 1. The Morgan fingerprint density at radius 3 is 3.10 bits per heavy atom. The second-order valence-electron chi connectivity index (χ2n) is 5.75. The van der Waals surface area contributed by atoms with E-state index in [0.29, 0.717) is 11.3 Å². The standard InChI is InChI=1S/C15H24N4O/c1-11-3-2-4-12(9-11)5-8-18-15(20)13-6-7-17-10-14(13)19-16/h6-7,10-12,19H,2-5,8-9,16H2,1H3,(H,18,20). The van der Waals surface area contributed by atoms with Crippen molar-refractivity contribution < 1.29 is 4.79 Å². The Kier molecular flexibility index (Phi) is 5.35. The van der Waals surface area contributed by atoms with Gasteiger partial charge in [0.15, 0.2) is 0 Å². The zero-order valence-corrected chi connectivity index (χ0v) is 12.1. The number of nitrogens with two attached hydrogens (primary N) is 1. The molecule has 1 fully saturated rings. The fraction of sp³-hybridized carbons (Fsp3) is 0.600. The van der Waals surface area contributed by atoms with Gasteiger partial charge in [-0.05, 0) is 30.7 Å². The Bertz CT molecular complexity index is 449. The number of anilines is 1. The molecular weight excluding hydrogens is 252 g/mol. The van der Waals surface area contributed by atoms with Crippen LogP contribution in [0.15, 0.2) is 18.5 Å². The number of hydrazine groups is 1.